The number of benzene rings is 2. The van der Waals surface area contributed by atoms with Gasteiger partial charge in [0.2, 0.25) is 6.79 Å². The van der Waals surface area contributed by atoms with E-state index in [-0.39, 0.29) is 25.2 Å². The summed E-state index contributed by atoms with van der Waals surface area (Å²) in [6, 6.07) is 12.3. The zero-order chi connectivity index (χ0) is 24.8. The number of hydrogen-bond acceptors (Lipinski definition) is 7. The molecular formula is C25H32FN5O4. The Morgan fingerprint density at radius 1 is 1.00 bits per heavy atom. The molecule has 188 valence electrons. The number of amides is 2. The van der Waals surface area contributed by atoms with Crippen LogP contribution < -0.4 is 25.0 Å². The van der Waals surface area contributed by atoms with Crippen LogP contribution in [0.5, 0.6) is 11.5 Å². The number of ether oxygens (including phenoxy) is 2. The van der Waals surface area contributed by atoms with Crippen LogP contribution in [0.15, 0.2) is 42.5 Å². The first-order valence-corrected chi connectivity index (χ1v) is 11.8. The summed E-state index contributed by atoms with van der Waals surface area (Å²) in [5, 5.41) is 5.42. The van der Waals surface area contributed by atoms with Gasteiger partial charge in [0.25, 0.3) is 0 Å². The molecule has 0 aliphatic carbocycles. The van der Waals surface area contributed by atoms with E-state index in [0.29, 0.717) is 56.5 Å². The average molecular weight is 486 g/mol. The maximum atomic E-state index is 14.3. The topological polar surface area (TPSA) is 86.4 Å². The van der Waals surface area contributed by atoms with Crippen molar-refractivity contribution in [3.8, 4) is 11.5 Å². The third kappa shape index (κ3) is 6.20. The fraction of sp³-hybridized carbons (Fsp3) is 0.440. The highest BCUT2D eigenvalue weighted by Crippen LogP contribution is 2.36. The highest BCUT2D eigenvalue weighted by molar-refractivity contribution is 6.35. The van der Waals surface area contributed by atoms with Crippen molar-refractivity contribution >= 4 is 17.5 Å². The fourth-order valence-corrected chi connectivity index (χ4v) is 4.30. The predicted molar refractivity (Wildman–Crippen MR) is 130 cm³/mol. The highest BCUT2D eigenvalue weighted by Gasteiger charge is 2.28. The molecule has 2 N–H and O–H groups in total. The molecule has 9 nitrogen and oxygen atoms in total. The lowest BCUT2D eigenvalue weighted by molar-refractivity contribution is -0.139. The zero-order valence-corrected chi connectivity index (χ0v) is 20.1. The van der Waals surface area contributed by atoms with E-state index in [2.05, 4.69) is 15.5 Å². The van der Waals surface area contributed by atoms with E-state index in [1.54, 1.807) is 12.1 Å². The normalized spacial score (nSPS) is 16.3. The number of hydrogen-bond donors (Lipinski definition) is 2. The van der Waals surface area contributed by atoms with Gasteiger partial charge in [-0.25, -0.2) is 4.39 Å². The Bertz CT molecular complexity index is 1040. The Morgan fingerprint density at radius 3 is 2.46 bits per heavy atom. The maximum absolute atomic E-state index is 14.3. The van der Waals surface area contributed by atoms with Gasteiger partial charge in [-0.05, 0) is 43.9 Å². The monoisotopic (exact) mass is 485 g/mol. The molecule has 1 fully saturated rings. The number of nitrogens with zero attached hydrogens (tertiary/aromatic N) is 3. The summed E-state index contributed by atoms with van der Waals surface area (Å²) in [5.74, 6) is -0.215. The Kier molecular flexibility index (Phi) is 8.04. The van der Waals surface area contributed by atoms with E-state index in [9.17, 15) is 14.0 Å². The molecule has 2 heterocycles. The maximum Gasteiger partial charge on any atom is 0.309 e. The second-order valence-corrected chi connectivity index (χ2v) is 8.87. The summed E-state index contributed by atoms with van der Waals surface area (Å²) >= 11 is 0. The van der Waals surface area contributed by atoms with Crippen molar-refractivity contribution in [1.82, 2.24) is 20.4 Å². The molecule has 2 amide bonds. The molecule has 35 heavy (non-hydrogen) atoms. The number of nitrogens with one attached hydrogen (secondary N) is 2. The lowest BCUT2D eigenvalue weighted by Gasteiger charge is -2.40. The summed E-state index contributed by atoms with van der Waals surface area (Å²) < 4.78 is 25.2. The van der Waals surface area contributed by atoms with Gasteiger partial charge in [-0.15, -0.1) is 0 Å². The number of piperazine rings is 1. The molecule has 1 atom stereocenters. The summed E-state index contributed by atoms with van der Waals surface area (Å²) in [6.07, 6.45) is 0. The Hall–Kier alpha value is -3.37. The van der Waals surface area contributed by atoms with Gasteiger partial charge in [-0.3, -0.25) is 14.5 Å². The number of fused-ring (bicyclic) bond motifs is 1. The van der Waals surface area contributed by atoms with Crippen LogP contribution in [0.4, 0.5) is 10.1 Å². The lowest BCUT2D eigenvalue weighted by Crippen LogP contribution is -2.51. The number of rotatable bonds is 8. The molecule has 0 spiro atoms. The third-order valence-corrected chi connectivity index (χ3v) is 6.24. The van der Waals surface area contributed by atoms with Crippen molar-refractivity contribution in [2.24, 2.45) is 0 Å². The minimum Gasteiger partial charge on any atom is -0.454 e. The van der Waals surface area contributed by atoms with Crippen molar-refractivity contribution in [2.75, 3.05) is 71.6 Å². The van der Waals surface area contributed by atoms with Crippen LogP contribution in [0, 0.1) is 5.82 Å². The first kappa shape index (κ1) is 24.7. The Labute approximate surface area is 204 Å². The molecule has 0 unspecified atom stereocenters. The van der Waals surface area contributed by atoms with Crippen molar-refractivity contribution in [1.29, 1.82) is 0 Å². The molecule has 2 aromatic rings. The van der Waals surface area contributed by atoms with Crippen LogP contribution in [0.3, 0.4) is 0 Å². The number of halogens is 1. The predicted octanol–water partition coefficient (Wildman–Crippen LogP) is 1.21. The molecule has 0 radical (unpaired) electrons. The van der Waals surface area contributed by atoms with Gasteiger partial charge in [0.05, 0.1) is 11.7 Å². The van der Waals surface area contributed by atoms with E-state index in [4.69, 9.17) is 9.47 Å². The van der Waals surface area contributed by atoms with Crippen molar-refractivity contribution in [2.45, 2.75) is 6.04 Å². The number of carbonyl (C=O) groups excluding carboxylic acids is 2. The van der Waals surface area contributed by atoms with Gasteiger partial charge >= 0.3 is 11.8 Å². The molecule has 4 rings (SSSR count). The summed E-state index contributed by atoms with van der Waals surface area (Å²) in [6.45, 7) is 4.07. The summed E-state index contributed by atoms with van der Waals surface area (Å²) in [5.41, 5.74) is 1.54. The van der Waals surface area contributed by atoms with E-state index in [1.165, 1.54) is 6.07 Å². The number of carbonyl (C=O) groups is 2. The van der Waals surface area contributed by atoms with E-state index in [0.717, 1.165) is 5.56 Å². The smallest absolute Gasteiger partial charge is 0.309 e. The lowest BCUT2D eigenvalue weighted by atomic mass is 10.0. The highest BCUT2D eigenvalue weighted by atomic mass is 19.1. The van der Waals surface area contributed by atoms with Crippen LogP contribution in [-0.2, 0) is 9.59 Å². The minimum absolute atomic E-state index is 0.175. The second-order valence-electron chi connectivity index (χ2n) is 8.87. The molecule has 2 aliphatic rings. The molecule has 1 saturated heterocycles. The molecule has 0 bridgehead atoms. The second kappa shape index (κ2) is 11.4. The SMILES string of the molecule is CN(C)CCNC(=O)C(=O)NC[C@@H](c1ccc2c(c1)OCO2)N1CCN(c2ccccc2F)CC1. The molecular weight excluding hydrogens is 453 g/mol. The Morgan fingerprint density at radius 2 is 1.71 bits per heavy atom. The molecule has 2 aromatic carbocycles. The van der Waals surface area contributed by atoms with E-state index < -0.39 is 11.8 Å². The van der Waals surface area contributed by atoms with Crippen molar-refractivity contribution < 1.29 is 23.5 Å². The average Bonchev–Trinajstić information content (AvgIpc) is 3.32. The third-order valence-electron chi connectivity index (χ3n) is 6.24. The quantitative estimate of drug-likeness (QED) is 0.544. The zero-order valence-electron chi connectivity index (χ0n) is 20.1. The van der Waals surface area contributed by atoms with Gasteiger partial charge in [-0.2, -0.15) is 0 Å². The number of para-hydroxylation sites is 1. The first-order valence-electron chi connectivity index (χ1n) is 11.8. The standard InChI is InChI=1S/C25H32FN5O4/c1-29(2)10-9-27-24(32)25(33)28-16-21(18-7-8-22-23(15-18)35-17-34-22)31-13-11-30(12-14-31)20-6-4-3-5-19(20)26/h3-8,15,21H,9-14,16-17H2,1-2H3,(H,27,32)(H,28,33)/t21-/m0/s1. The van der Waals surface area contributed by atoms with Crippen LogP contribution in [0.25, 0.3) is 0 Å². The van der Waals surface area contributed by atoms with Crippen molar-refractivity contribution in [3.63, 3.8) is 0 Å². The van der Waals surface area contributed by atoms with Gasteiger partial charge in [0.1, 0.15) is 5.82 Å². The number of likely N-dealkylation sites (N-methyl/N-ethyl adjacent to an activating group) is 1. The molecule has 0 aromatic heterocycles. The largest absolute Gasteiger partial charge is 0.454 e. The van der Waals surface area contributed by atoms with E-state index >= 15 is 0 Å². The van der Waals surface area contributed by atoms with Gasteiger partial charge in [-0.1, -0.05) is 18.2 Å². The Balaban J connectivity index is 1.43. The summed E-state index contributed by atoms with van der Waals surface area (Å²) in [4.78, 5) is 30.8. The van der Waals surface area contributed by atoms with Gasteiger partial charge in [0, 0.05) is 45.8 Å². The molecule has 2 aliphatic heterocycles. The van der Waals surface area contributed by atoms with Crippen LogP contribution in [-0.4, -0.2) is 88.3 Å². The molecule has 0 saturated carbocycles. The molecule has 10 heteroatoms. The fourth-order valence-electron chi connectivity index (χ4n) is 4.30. The van der Waals surface area contributed by atoms with E-state index in [1.807, 2.05) is 48.2 Å². The van der Waals surface area contributed by atoms with Gasteiger partial charge < -0.3 is 29.9 Å². The van der Waals surface area contributed by atoms with Gasteiger partial charge in [0.15, 0.2) is 11.5 Å². The van der Waals surface area contributed by atoms with Crippen LogP contribution in [0.2, 0.25) is 0 Å². The summed E-state index contributed by atoms with van der Waals surface area (Å²) in [7, 11) is 3.79. The van der Waals surface area contributed by atoms with Crippen LogP contribution >= 0.6 is 0 Å². The van der Waals surface area contributed by atoms with Crippen molar-refractivity contribution in [3.05, 3.63) is 53.8 Å². The first-order chi connectivity index (χ1) is 16.9. The van der Waals surface area contributed by atoms with Crippen LogP contribution in [0.1, 0.15) is 11.6 Å². The number of anilines is 1. The minimum atomic E-state index is -0.667.